The summed E-state index contributed by atoms with van der Waals surface area (Å²) >= 11 is 0. The fraction of sp³-hybridized carbons (Fsp3) is 0.333. The Kier molecular flexibility index (Phi) is 10.7. The number of amides is 1. The van der Waals surface area contributed by atoms with E-state index in [2.05, 4.69) is 20.9 Å². The van der Waals surface area contributed by atoms with Crippen molar-refractivity contribution in [3.05, 3.63) is 65.0 Å². The van der Waals surface area contributed by atoms with Gasteiger partial charge in [-0.3, -0.25) is 4.79 Å². The smallest absolute Gasteiger partial charge is 0.357 e. The van der Waals surface area contributed by atoms with E-state index in [0.717, 1.165) is 17.7 Å². The second-order valence-electron chi connectivity index (χ2n) is 6.55. The van der Waals surface area contributed by atoms with Crippen LogP contribution in [0.15, 0.2) is 47.5 Å². The molecule has 0 aromatic heterocycles. The first-order valence-corrected chi connectivity index (χ1v) is 9.43. The zero-order valence-corrected chi connectivity index (χ0v) is 19.5. The first kappa shape index (κ1) is 26.7. The van der Waals surface area contributed by atoms with Crippen molar-refractivity contribution in [2.75, 3.05) is 18.4 Å². The van der Waals surface area contributed by atoms with Gasteiger partial charge in [0.05, 0.1) is 12.1 Å². The van der Waals surface area contributed by atoms with Gasteiger partial charge in [0.1, 0.15) is 5.82 Å². The average molecular weight is 552 g/mol. The molecule has 0 radical (unpaired) electrons. The van der Waals surface area contributed by atoms with Crippen LogP contribution in [0.25, 0.3) is 0 Å². The van der Waals surface area contributed by atoms with E-state index >= 15 is 0 Å². The number of rotatable bonds is 7. The fourth-order valence-corrected chi connectivity index (χ4v) is 2.74. The van der Waals surface area contributed by atoms with Crippen LogP contribution >= 0.6 is 24.0 Å². The number of nitrogens with one attached hydrogen (secondary N) is 3. The maximum absolute atomic E-state index is 13.2. The normalized spacial score (nSPS) is 11.5. The van der Waals surface area contributed by atoms with Crippen molar-refractivity contribution in [2.45, 2.75) is 33.0 Å². The van der Waals surface area contributed by atoms with Gasteiger partial charge in [-0.25, -0.2) is 9.38 Å². The van der Waals surface area contributed by atoms with Crippen LogP contribution in [0.2, 0.25) is 0 Å². The van der Waals surface area contributed by atoms with Crippen LogP contribution in [0.5, 0.6) is 0 Å². The third kappa shape index (κ3) is 9.11. The molecule has 0 bridgehead atoms. The second-order valence-corrected chi connectivity index (χ2v) is 6.55. The van der Waals surface area contributed by atoms with Crippen LogP contribution in [0.1, 0.15) is 30.5 Å². The summed E-state index contributed by atoms with van der Waals surface area (Å²) < 4.78 is 52.6. The highest BCUT2D eigenvalue weighted by molar-refractivity contribution is 14.0. The Bertz CT molecular complexity index is 886. The van der Waals surface area contributed by atoms with E-state index in [0.29, 0.717) is 37.2 Å². The van der Waals surface area contributed by atoms with Crippen LogP contribution < -0.4 is 16.0 Å². The summed E-state index contributed by atoms with van der Waals surface area (Å²) in [6.45, 7) is 4.07. The largest absolute Gasteiger partial charge is 0.416 e. The molecule has 0 fully saturated rings. The average Bonchev–Trinajstić information content (AvgIpc) is 2.67. The SMILES string of the molecule is CCNC(=NCc1ccc(F)cc1C(F)(F)F)NCCc1ccc(NC(C)=O)cc1.I. The number of hydrogen-bond donors (Lipinski definition) is 3. The Morgan fingerprint density at radius 1 is 1.06 bits per heavy atom. The lowest BCUT2D eigenvalue weighted by atomic mass is 10.1. The van der Waals surface area contributed by atoms with Crippen molar-refractivity contribution < 1.29 is 22.4 Å². The molecule has 2 aromatic carbocycles. The van der Waals surface area contributed by atoms with Gasteiger partial charge in [-0.15, -0.1) is 24.0 Å². The molecule has 31 heavy (non-hydrogen) atoms. The number of anilines is 1. The van der Waals surface area contributed by atoms with E-state index in [4.69, 9.17) is 0 Å². The predicted molar refractivity (Wildman–Crippen MR) is 124 cm³/mol. The van der Waals surface area contributed by atoms with Gasteiger partial charge >= 0.3 is 6.18 Å². The highest BCUT2D eigenvalue weighted by Crippen LogP contribution is 2.32. The zero-order chi connectivity index (χ0) is 22.1. The lowest BCUT2D eigenvalue weighted by molar-refractivity contribution is -0.138. The van der Waals surface area contributed by atoms with Crippen molar-refractivity contribution in [3.63, 3.8) is 0 Å². The Morgan fingerprint density at radius 2 is 1.74 bits per heavy atom. The summed E-state index contributed by atoms with van der Waals surface area (Å²) in [6.07, 6.45) is -4.00. The molecule has 0 saturated carbocycles. The summed E-state index contributed by atoms with van der Waals surface area (Å²) in [6, 6.07) is 9.92. The molecular formula is C21H25F4IN4O. The molecule has 10 heteroatoms. The van der Waals surface area contributed by atoms with Crippen molar-refractivity contribution >= 4 is 41.5 Å². The molecule has 0 saturated heterocycles. The Hall–Kier alpha value is -2.37. The molecule has 170 valence electrons. The molecule has 3 N–H and O–H groups in total. The number of halogens is 5. The van der Waals surface area contributed by atoms with Crippen molar-refractivity contribution in [2.24, 2.45) is 4.99 Å². The Labute approximate surface area is 195 Å². The van der Waals surface area contributed by atoms with Crippen molar-refractivity contribution in [3.8, 4) is 0 Å². The second kappa shape index (κ2) is 12.5. The van der Waals surface area contributed by atoms with E-state index < -0.39 is 17.6 Å². The molecule has 5 nitrogen and oxygen atoms in total. The third-order valence-corrected chi connectivity index (χ3v) is 4.11. The summed E-state index contributed by atoms with van der Waals surface area (Å²) in [7, 11) is 0. The van der Waals surface area contributed by atoms with Gasteiger partial charge in [0, 0.05) is 25.7 Å². The highest BCUT2D eigenvalue weighted by atomic mass is 127. The standard InChI is InChI=1S/C21H24F4N4O.HI/c1-3-26-20(27-11-10-15-4-8-18(9-5-15)29-14(2)30)28-13-16-6-7-17(22)12-19(16)21(23,24)25;/h4-9,12H,3,10-11,13H2,1-2H3,(H,29,30)(H2,26,27,28);1H. The number of benzene rings is 2. The molecule has 0 spiro atoms. The minimum Gasteiger partial charge on any atom is -0.357 e. The van der Waals surface area contributed by atoms with E-state index in [-0.39, 0.29) is 42.0 Å². The molecular weight excluding hydrogens is 527 g/mol. The molecule has 1 amide bonds. The number of alkyl halides is 3. The number of nitrogens with zero attached hydrogens (tertiary/aromatic N) is 1. The predicted octanol–water partition coefficient (Wildman–Crippen LogP) is 4.72. The molecule has 0 aliphatic carbocycles. The first-order chi connectivity index (χ1) is 14.2. The Morgan fingerprint density at radius 3 is 2.32 bits per heavy atom. The zero-order valence-electron chi connectivity index (χ0n) is 17.1. The topological polar surface area (TPSA) is 65.5 Å². The number of aliphatic imine (C=N–C) groups is 1. The van der Waals surface area contributed by atoms with Gasteiger partial charge in [-0.1, -0.05) is 18.2 Å². The summed E-state index contributed by atoms with van der Waals surface area (Å²) in [4.78, 5) is 15.2. The first-order valence-electron chi connectivity index (χ1n) is 9.43. The third-order valence-electron chi connectivity index (χ3n) is 4.11. The van der Waals surface area contributed by atoms with Gasteiger partial charge in [0.15, 0.2) is 5.96 Å². The van der Waals surface area contributed by atoms with Gasteiger partial charge in [0.2, 0.25) is 5.91 Å². The maximum atomic E-state index is 13.2. The van der Waals surface area contributed by atoms with Gasteiger partial charge in [-0.2, -0.15) is 13.2 Å². The summed E-state index contributed by atoms with van der Waals surface area (Å²) in [5.74, 6) is -0.722. The molecule has 0 unspecified atom stereocenters. The quantitative estimate of drug-likeness (QED) is 0.202. The number of guanidine groups is 1. The van der Waals surface area contributed by atoms with Crippen molar-refractivity contribution in [1.82, 2.24) is 10.6 Å². The van der Waals surface area contributed by atoms with Crippen LogP contribution in [0.4, 0.5) is 23.2 Å². The number of hydrogen-bond acceptors (Lipinski definition) is 2. The van der Waals surface area contributed by atoms with Crippen molar-refractivity contribution in [1.29, 1.82) is 0 Å². The summed E-state index contributed by atoms with van der Waals surface area (Å²) in [5.41, 5.74) is 0.593. The molecule has 2 rings (SSSR count). The van der Waals surface area contributed by atoms with Gasteiger partial charge < -0.3 is 16.0 Å². The molecule has 0 atom stereocenters. The van der Waals surface area contributed by atoms with E-state index in [9.17, 15) is 22.4 Å². The van der Waals surface area contributed by atoms with E-state index in [1.54, 1.807) is 12.1 Å². The minimum absolute atomic E-state index is 0. The summed E-state index contributed by atoms with van der Waals surface area (Å²) in [5, 5.41) is 8.73. The Balaban J connectivity index is 0.00000480. The number of carbonyl (C=O) groups is 1. The fourth-order valence-electron chi connectivity index (χ4n) is 2.74. The molecule has 2 aromatic rings. The lowest BCUT2D eigenvalue weighted by Gasteiger charge is -2.14. The molecule has 0 aliphatic rings. The van der Waals surface area contributed by atoms with E-state index in [1.165, 1.54) is 6.92 Å². The van der Waals surface area contributed by atoms with Gasteiger partial charge in [0.25, 0.3) is 0 Å². The number of carbonyl (C=O) groups excluding carboxylic acids is 1. The monoisotopic (exact) mass is 552 g/mol. The minimum atomic E-state index is -4.65. The van der Waals surface area contributed by atoms with Crippen LogP contribution in [-0.2, 0) is 23.9 Å². The van der Waals surface area contributed by atoms with Gasteiger partial charge in [-0.05, 0) is 48.7 Å². The molecule has 0 heterocycles. The maximum Gasteiger partial charge on any atom is 0.416 e. The lowest BCUT2D eigenvalue weighted by Crippen LogP contribution is -2.38. The van der Waals surface area contributed by atoms with Crippen LogP contribution in [-0.4, -0.2) is 25.0 Å². The highest BCUT2D eigenvalue weighted by Gasteiger charge is 2.33. The van der Waals surface area contributed by atoms with E-state index in [1.807, 2.05) is 19.1 Å². The van der Waals surface area contributed by atoms with Crippen LogP contribution in [0, 0.1) is 5.82 Å². The molecule has 0 aliphatic heterocycles. The van der Waals surface area contributed by atoms with Crippen LogP contribution in [0.3, 0.4) is 0 Å².